The summed E-state index contributed by atoms with van der Waals surface area (Å²) in [6, 6.07) is 6.99. The number of carbonyl (C=O) groups excluding carboxylic acids is 1. The molecule has 0 bridgehead atoms. The van der Waals surface area contributed by atoms with E-state index in [0.717, 1.165) is 56.9 Å². The molecule has 1 aromatic carbocycles. The monoisotopic (exact) mass is 346 g/mol. The number of aryl methyl sites for hydroxylation is 1. The topological polar surface area (TPSA) is 50.8 Å². The number of nitrogens with zero attached hydrogens (tertiary/aromatic N) is 1. The van der Waals surface area contributed by atoms with E-state index in [2.05, 4.69) is 28.4 Å². The Hall–Kier alpha value is -1.43. The molecular formula is C20H30N2O3. The average Bonchev–Trinajstić information content (AvgIpc) is 3.05. The summed E-state index contributed by atoms with van der Waals surface area (Å²) in [6.07, 6.45) is 4.21. The third-order valence-electron chi connectivity index (χ3n) is 5.35. The van der Waals surface area contributed by atoms with Crippen LogP contribution in [0.15, 0.2) is 18.2 Å². The Morgan fingerprint density at radius 3 is 2.88 bits per heavy atom. The molecule has 2 heterocycles. The Bertz CT molecular complexity index is 584. The van der Waals surface area contributed by atoms with Crippen molar-refractivity contribution in [3.05, 3.63) is 34.9 Å². The summed E-state index contributed by atoms with van der Waals surface area (Å²) in [6.45, 7) is 6.24. The molecule has 1 atom stereocenters. The molecule has 1 N–H and O–H groups in total. The highest BCUT2D eigenvalue weighted by molar-refractivity contribution is 5.96. The standard InChI is InChI=1S/C20H30N2O3/c1-15-5-6-16(13-22-9-3-4-18(22)14-24-2)12-19(15)20(23)21-17-7-10-25-11-8-17/h5-6,12,17-18H,3-4,7-11,13-14H2,1-2H3,(H,21,23)/t18-/m1/s1. The summed E-state index contributed by atoms with van der Waals surface area (Å²) in [5, 5.41) is 3.17. The molecule has 3 rings (SSSR count). The van der Waals surface area contributed by atoms with E-state index in [1.807, 2.05) is 6.92 Å². The third kappa shape index (κ3) is 4.81. The number of likely N-dealkylation sites (tertiary alicyclic amines) is 1. The zero-order chi connectivity index (χ0) is 17.6. The zero-order valence-electron chi connectivity index (χ0n) is 15.4. The van der Waals surface area contributed by atoms with E-state index in [4.69, 9.17) is 9.47 Å². The van der Waals surface area contributed by atoms with Gasteiger partial charge in [0.1, 0.15) is 0 Å². The largest absolute Gasteiger partial charge is 0.383 e. The third-order valence-corrected chi connectivity index (χ3v) is 5.35. The normalized spacial score (nSPS) is 22.2. The lowest BCUT2D eigenvalue weighted by atomic mass is 10.0. The van der Waals surface area contributed by atoms with E-state index in [-0.39, 0.29) is 11.9 Å². The molecule has 1 aromatic rings. The van der Waals surface area contributed by atoms with E-state index in [1.165, 1.54) is 18.4 Å². The molecular weight excluding hydrogens is 316 g/mol. The van der Waals surface area contributed by atoms with Gasteiger partial charge >= 0.3 is 0 Å². The van der Waals surface area contributed by atoms with E-state index in [9.17, 15) is 4.79 Å². The van der Waals surface area contributed by atoms with Crippen molar-refractivity contribution < 1.29 is 14.3 Å². The van der Waals surface area contributed by atoms with Crippen molar-refractivity contribution in [2.75, 3.05) is 33.5 Å². The van der Waals surface area contributed by atoms with Crippen LogP contribution in [0.1, 0.15) is 47.2 Å². The molecule has 2 fully saturated rings. The SMILES string of the molecule is COC[C@H]1CCCN1Cc1ccc(C)c(C(=O)NC2CCOCC2)c1. The number of hydrogen-bond acceptors (Lipinski definition) is 4. The molecule has 2 saturated heterocycles. The molecule has 0 aliphatic carbocycles. The summed E-state index contributed by atoms with van der Waals surface area (Å²) < 4.78 is 10.7. The number of amides is 1. The first-order valence-corrected chi connectivity index (χ1v) is 9.38. The second-order valence-corrected chi connectivity index (χ2v) is 7.23. The molecule has 0 radical (unpaired) electrons. The van der Waals surface area contributed by atoms with E-state index < -0.39 is 0 Å². The number of hydrogen-bond donors (Lipinski definition) is 1. The first kappa shape index (κ1) is 18.4. The highest BCUT2D eigenvalue weighted by Gasteiger charge is 2.25. The molecule has 0 aromatic heterocycles. The maximum atomic E-state index is 12.7. The van der Waals surface area contributed by atoms with Crippen LogP contribution in [-0.4, -0.2) is 56.4 Å². The van der Waals surface area contributed by atoms with Gasteiger partial charge in [0.25, 0.3) is 5.91 Å². The molecule has 0 spiro atoms. The van der Waals surface area contributed by atoms with Crippen molar-refractivity contribution in [1.29, 1.82) is 0 Å². The van der Waals surface area contributed by atoms with Crippen LogP contribution in [0.25, 0.3) is 0 Å². The summed E-state index contributed by atoms with van der Waals surface area (Å²) in [4.78, 5) is 15.2. The quantitative estimate of drug-likeness (QED) is 0.860. The number of ether oxygens (including phenoxy) is 2. The van der Waals surface area contributed by atoms with Crippen LogP contribution >= 0.6 is 0 Å². The predicted molar refractivity (Wildman–Crippen MR) is 97.8 cm³/mol. The van der Waals surface area contributed by atoms with E-state index in [0.29, 0.717) is 6.04 Å². The van der Waals surface area contributed by atoms with Gasteiger partial charge in [0, 0.05) is 44.5 Å². The number of methoxy groups -OCH3 is 1. The van der Waals surface area contributed by atoms with Crippen molar-refractivity contribution >= 4 is 5.91 Å². The van der Waals surface area contributed by atoms with Gasteiger partial charge in [0.05, 0.1) is 6.61 Å². The minimum absolute atomic E-state index is 0.0427. The van der Waals surface area contributed by atoms with Crippen LogP contribution in [0.5, 0.6) is 0 Å². The molecule has 2 aliphatic rings. The van der Waals surface area contributed by atoms with Crippen molar-refractivity contribution in [3.63, 3.8) is 0 Å². The van der Waals surface area contributed by atoms with Gasteiger partial charge in [-0.05, 0) is 56.3 Å². The maximum Gasteiger partial charge on any atom is 0.251 e. The van der Waals surface area contributed by atoms with E-state index >= 15 is 0 Å². The lowest BCUT2D eigenvalue weighted by Crippen LogP contribution is -2.39. The summed E-state index contributed by atoms with van der Waals surface area (Å²) >= 11 is 0. The second kappa shape index (κ2) is 8.79. The molecule has 0 saturated carbocycles. The van der Waals surface area contributed by atoms with Gasteiger partial charge in [-0.25, -0.2) is 0 Å². The van der Waals surface area contributed by atoms with Crippen LogP contribution in [0, 0.1) is 6.92 Å². The molecule has 25 heavy (non-hydrogen) atoms. The van der Waals surface area contributed by atoms with Gasteiger partial charge in [-0.1, -0.05) is 12.1 Å². The van der Waals surface area contributed by atoms with Crippen molar-refractivity contribution in [3.8, 4) is 0 Å². The molecule has 1 amide bonds. The minimum atomic E-state index is 0.0427. The molecule has 5 heteroatoms. The fraction of sp³-hybridized carbons (Fsp3) is 0.650. The van der Waals surface area contributed by atoms with Crippen molar-refractivity contribution in [1.82, 2.24) is 10.2 Å². The highest BCUT2D eigenvalue weighted by atomic mass is 16.5. The fourth-order valence-electron chi connectivity index (χ4n) is 3.84. The molecule has 5 nitrogen and oxygen atoms in total. The fourth-order valence-corrected chi connectivity index (χ4v) is 3.84. The van der Waals surface area contributed by atoms with Gasteiger partial charge in [-0.3, -0.25) is 9.69 Å². The average molecular weight is 346 g/mol. The molecule has 138 valence electrons. The first-order valence-electron chi connectivity index (χ1n) is 9.38. The smallest absolute Gasteiger partial charge is 0.251 e. The Labute approximate surface area is 150 Å². The van der Waals surface area contributed by atoms with Gasteiger partial charge < -0.3 is 14.8 Å². The van der Waals surface area contributed by atoms with Gasteiger partial charge in [-0.15, -0.1) is 0 Å². The Morgan fingerprint density at radius 2 is 2.12 bits per heavy atom. The summed E-state index contributed by atoms with van der Waals surface area (Å²) in [5.74, 6) is 0.0427. The zero-order valence-corrected chi connectivity index (χ0v) is 15.4. The van der Waals surface area contributed by atoms with Crippen LogP contribution in [0.2, 0.25) is 0 Å². The van der Waals surface area contributed by atoms with Crippen LogP contribution in [-0.2, 0) is 16.0 Å². The highest BCUT2D eigenvalue weighted by Crippen LogP contribution is 2.22. The van der Waals surface area contributed by atoms with Crippen LogP contribution < -0.4 is 5.32 Å². The van der Waals surface area contributed by atoms with Crippen LogP contribution in [0.4, 0.5) is 0 Å². The van der Waals surface area contributed by atoms with Gasteiger partial charge in [-0.2, -0.15) is 0 Å². The minimum Gasteiger partial charge on any atom is -0.383 e. The van der Waals surface area contributed by atoms with E-state index in [1.54, 1.807) is 7.11 Å². The predicted octanol–water partition coefficient (Wildman–Crippen LogP) is 2.51. The van der Waals surface area contributed by atoms with Gasteiger partial charge in [0.15, 0.2) is 0 Å². The lowest BCUT2D eigenvalue weighted by Gasteiger charge is -2.25. The van der Waals surface area contributed by atoms with Crippen molar-refractivity contribution in [2.24, 2.45) is 0 Å². The Balaban J connectivity index is 1.66. The number of nitrogens with one attached hydrogen (secondary N) is 1. The van der Waals surface area contributed by atoms with Crippen LogP contribution in [0.3, 0.4) is 0 Å². The molecule has 0 unspecified atom stereocenters. The Kier molecular flexibility index (Phi) is 6.45. The summed E-state index contributed by atoms with van der Waals surface area (Å²) in [5.41, 5.74) is 3.03. The summed E-state index contributed by atoms with van der Waals surface area (Å²) in [7, 11) is 1.77. The maximum absolute atomic E-state index is 12.7. The second-order valence-electron chi connectivity index (χ2n) is 7.23. The first-order chi connectivity index (χ1) is 12.2. The van der Waals surface area contributed by atoms with Crippen molar-refractivity contribution in [2.45, 2.75) is 51.2 Å². The molecule has 2 aliphatic heterocycles. The lowest BCUT2D eigenvalue weighted by molar-refractivity contribution is 0.0696. The number of rotatable bonds is 6. The van der Waals surface area contributed by atoms with Gasteiger partial charge in [0.2, 0.25) is 0 Å². The number of carbonyl (C=O) groups is 1. The number of benzene rings is 1. The Morgan fingerprint density at radius 1 is 1.32 bits per heavy atom.